The van der Waals surface area contributed by atoms with Crippen LogP contribution in [0, 0.1) is 10.1 Å². The highest BCUT2D eigenvalue weighted by atomic mass is 16.6. The van der Waals surface area contributed by atoms with Gasteiger partial charge in [0.25, 0.3) is 5.91 Å². The lowest BCUT2D eigenvalue weighted by Crippen LogP contribution is -2.32. The van der Waals surface area contributed by atoms with Gasteiger partial charge in [-0.3, -0.25) is 24.5 Å². The molecule has 0 spiro atoms. The molecule has 146 valence electrons. The number of rotatable bonds is 7. The first kappa shape index (κ1) is 20.4. The Labute approximate surface area is 160 Å². The van der Waals surface area contributed by atoms with Gasteiger partial charge >= 0.3 is 5.69 Å². The second-order valence-corrected chi connectivity index (χ2v) is 5.63. The number of benzene rings is 2. The molecule has 2 aromatic rings. The first-order chi connectivity index (χ1) is 13.3. The molecule has 10 heteroatoms. The van der Waals surface area contributed by atoms with Crippen LogP contribution in [0.1, 0.15) is 17.3 Å². The molecular weight excluding hydrogens is 368 g/mol. The molecule has 0 fully saturated rings. The summed E-state index contributed by atoms with van der Waals surface area (Å²) in [6.45, 7) is 1.06. The SMILES string of the molecule is COc1ccc(C(=O)NCC(=O)Nc2ccc(NC(C)=O)cc2)cc1[N+](=O)[O-]. The highest BCUT2D eigenvalue weighted by Crippen LogP contribution is 2.27. The molecule has 0 aliphatic heterocycles. The average molecular weight is 386 g/mol. The van der Waals surface area contributed by atoms with E-state index in [9.17, 15) is 24.5 Å². The summed E-state index contributed by atoms with van der Waals surface area (Å²) in [6, 6.07) is 10.2. The molecule has 0 saturated heterocycles. The maximum atomic E-state index is 12.1. The van der Waals surface area contributed by atoms with Gasteiger partial charge in [-0.1, -0.05) is 0 Å². The summed E-state index contributed by atoms with van der Waals surface area (Å²) in [5.74, 6) is -1.30. The standard InChI is InChI=1S/C18H18N4O6/c1-11(23)20-13-4-6-14(7-5-13)21-17(24)10-19-18(25)12-3-8-16(28-2)15(9-12)22(26)27/h3-9H,10H2,1-2H3,(H,19,25)(H,20,23)(H,21,24). The molecule has 0 heterocycles. The third kappa shape index (κ3) is 5.53. The number of carbonyl (C=O) groups is 3. The molecule has 0 unspecified atom stereocenters. The lowest BCUT2D eigenvalue weighted by Gasteiger charge is -2.09. The van der Waals surface area contributed by atoms with Crippen LogP contribution in [-0.2, 0) is 9.59 Å². The molecule has 2 aromatic carbocycles. The average Bonchev–Trinajstić information content (AvgIpc) is 2.66. The largest absolute Gasteiger partial charge is 0.490 e. The number of ether oxygens (including phenoxy) is 1. The van der Waals surface area contributed by atoms with Crippen LogP contribution in [0.15, 0.2) is 42.5 Å². The molecule has 0 radical (unpaired) electrons. The number of nitro groups is 1. The molecule has 10 nitrogen and oxygen atoms in total. The topological polar surface area (TPSA) is 140 Å². The minimum Gasteiger partial charge on any atom is -0.490 e. The van der Waals surface area contributed by atoms with E-state index >= 15 is 0 Å². The molecule has 0 aliphatic carbocycles. The fraction of sp³-hybridized carbons (Fsp3) is 0.167. The van der Waals surface area contributed by atoms with Gasteiger partial charge in [0.05, 0.1) is 18.6 Å². The minimum absolute atomic E-state index is 0.0277. The summed E-state index contributed by atoms with van der Waals surface area (Å²) in [6.07, 6.45) is 0. The van der Waals surface area contributed by atoms with Gasteiger partial charge in [-0.2, -0.15) is 0 Å². The van der Waals surface area contributed by atoms with Crippen molar-refractivity contribution < 1.29 is 24.0 Å². The van der Waals surface area contributed by atoms with E-state index in [1.807, 2.05) is 0 Å². The van der Waals surface area contributed by atoms with Crippen molar-refractivity contribution in [3.63, 3.8) is 0 Å². The Hall–Kier alpha value is -3.95. The van der Waals surface area contributed by atoms with E-state index < -0.39 is 16.7 Å². The minimum atomic E-state index is -0.660. The number of hydrogen-bond acceptors (Lipinski definition) is 6. The van der Waals surface area contributed by atoms with E-state index in [0.717, 1.165) is 6.07 Å². The Balaban J connectivity index is 1.93. The predicted molar refractivity (Wildman–Crippen MR) is 101 cm³/mol. The number of nitrogens with one attached hydrogen (secondary N) is 3. The highest BCUT2D eigenvalue weighted by Gasteiger charge is 2.18. The number of amides is 3. The van der Waals surface area contributed by atoms with E-state index in [-0.39, 0.29) is 29.5 Å². The molecule has 0 aromatic heterocycles. The van der Waals surface area contributed by atoms with E-state index in [1.165, 1.54) is 26.2 Å². The maximum absolute atomic E-state index is 12.1. The van der Waals surface area contributed by atoms with Gasteiger partial charge in [-0.15, -0.1) is 0 Å². The second-order valence-electron chi connectivity index (χ2n) is 5.63. The fourth-order valence-electron chi connectivity index (χ4n) is 2.28. The van der Waals surface area contributed by atoms with E-state index in [0.29, 0.717) is 11.4 Å². The number of nitrogens with zero attached hydrogens (tertiary/aromatic N) is 1. The Kier molecular flexibility index (Phi) is 6.63. The molecule has 0 saturated carbocycles. The molecule has 28 heavy (non-hydrogen) atoms. The van der Waals surface area contributed by atoms with Gasteiger partial charge in [-0.05, 0) is 36.4 Å². The number of anilines is 2. The van der Waals surface area contributed by atoms with E-state index in [4.69, 9.17) is 4.74 Å². The van der Waals surface area contributed by atoms with E-state index in [2.05, 4.69) is 16.0 Å². The van der Waals surface area contributed by atoms with Crippen LogP contribution in [0.2, 0.25) is 0 Å². The monoisotopic (exact) mass is 386 g/mol. The Morgan fingerprint density at radius 1 is 1.04 bits per heavy atom. The summed E-state index contributed by atoms with van der Waals surface area (Å²) >= 11 is 0. The Morgan fingerprint density at radius 3 is 2.18 bits per heavy atom. The number of carbonyl (C=O) groups excluding carboxylic acids is 3. The zero-order valence-corrected chi connectivity index (χ0v) is 15.1. The van der Waals surface area contributed by atoms with Crippen LogP contribution in [-0.4, -0.2) is 36.3 Å². The van der Waals surface area contributed by atoms with Crippen LogP contribution in [0.5, 0.6) is 5.75 Å². The van der Waals surface area contributed by atoms with Crippen LogP contribution in [0.3, 0.4) is 0 Å². The van der Waals surface area contributed by atoms with Gasteiger partial charge in [0, 0.05) is 29.9 Å². The fourth-order valence-corrected chi connectivity index (χ4v) is 2.28. The molecule has 0 bridgehead atoms. The summed E-state index contributed by atoms with van der Waals surface area (Å²) in [4.78, 5) is 45.4. The third-order valence-corrected chi connectivity index (χ3v) is 3.54. The Morgan fingerprint density at radius 2 is 1.64 bits per heavy atom. The lowest BCUT2D eigenvalue weighted by atomic mass is 10.1. The van der Waals surface area contributed by atoms with Crippen molar-refractivity contribution in [1.29, 1.82) is 0 Å². The molecular formula is C18H18N4O6. The van der Waals surface area contributed by atoms with Crippen molar-refractivity contribution >= 4 is 34.8 Å². The zero-order valence-electron chi connectivity index (χ0n) is 15.1. The van der Waals surface area contributed by atoms with Gasteiger partial charge in [-0.25, -0.2) is 0 Å². The maximum Gasteiger partial charge on any atom is 0.311 e. The third-order valence-electron chi connectivity index (χ3n) is 3.54. The molecule has 2 rings (SSSR count). The zero-order chi connectivity index (χ0) is 20.7. The van der Waals surface area contributed by atoms with E-state index in [1.54, 1.807) is 24.3 Å². The number of nitro benzene ring substituents is 1. The first-order valence-corrected chi connectivity index (χ1v) is 8.08. The van der Waals surface area contributed by atoms with Crippen LogP contribution in [0.4, 0.5) is 17.1 Å². The number of methoxy groups -OCH3 is 1. The van der Waals surface area contributed by atoms with Crippen LogP contribution in [0.25, 0.3) is 0 Å². The molecule has 0 atom stereocenters. The number of hydrogen-bond donors (Lipinski definition) is 3. The van der Waals surface area contributed by atoms with Crippen molar-refractivity contribution in [3.8, 4) is 5.75 Å². The Bertz CT molecular complexity index is 911. The summed E-state index contributed by atoms with van der Waals surface area (Å²) in [5, 5.41) is 18.6. The summed E-state index contributed by atoms with van der Waals surface area (Å²) in [7, 11) is 1.29. The van der Waals surface area contributed by atoms with Crippen molar-refractivity contribution in [2.75, 3.05) is 24.3 Å². The van der Waals surface area contributed by atoms with Crippen LogP contribution < -0.4 is 20.7 Å². The van der Waals surface area contributed by atoms with Crippen molar-refractivity contribution in [2.24, 2.45) is 0 Å². The van der Waals surface area contributed by atoms with Crippen molar-refractivity contribution in [3.05, 3.63) is 58.1 Å². The quantitative estimate of drug-likeness (QED) is 0.491. The molecule has 3 N–H and O–H groups in total. The van der Waals surface area contributed by atoms with Gasteiger partial charge in [0.1, 0.15) is 0 Å². The van der Waals surface area contributed by atoms with Crippen LogP contribution >= 0.6 is 0 Å². The first-order valence-electron chi connectivity index (χ1n) is 8.08. The summed E-state index contributed by atoms with van der Waals surface area (Å²) < 4.78 is 4.87. The normalized spacial score (nSPS) is 9.93. The lowest BCUT2D eigenvalue weighted by molar-refractivity contribution is -0.385. The van der Waals surface area contributed by atoms with Gasteiger partial charge < -0.3 is 20.7 Å². The van der Waals surface area contributed by atoms with Crippen molar-refractivity contribution in [1.82, 2.24) is 5.32 Å². The smallest absolute Gasteiger partial charge is 0.311 e. The predicted octanol–water partition coefficient (Wildman–Crippen LogP) is 1.93. The molecule has 3 amide bonds. The molecule has 0 aliphatic rings. The van der Waals surface area contributed by atoms with Gasteiger partial charge in [0.2, 0.25) is 11.8 Å². The second kappa shape index (κ2) is 9.12. The van der Waals surface area contributed by atoms with Gasteiger partial charge in [0.15, 0.2) is 5.75 Å². The highest BCUT2D eigenvalue weighted by molar-refractivity contribution is 6.00. The summed E-state index contributed by atoms with van der Waals surface area (Å²) in [5.41, 5.74) is 0.743. The van der Waals surface area contributed by atoms with Crippen molar-refractivity contribution in [2.45, 2.75) is 6.92 Å².